The van der Waals surface area contributed by atoms with Crippen molar-refractivity contribution in [1.29, 1.82) is 0 Å². The second kappa shape index (κ2) is 3.82. The van der Waals surface area contributed by atoms with E-state index in [1.165, 1.54) is 11.1 Å². The highest BCUT2D eigenvalue weighted by atomic mass is 16.3. The first-order chi connectivity index (χ1) is 7.22. The number of rotatable bonds is 2. The normalized spacial score (nSPS) is 10.6. The molecule has 1 heterocycles. The summed E-state index contributed by atoms with van der Waals surface area (Å²) in [5.41, 5.74) is 3.97. The summed E-state index contributed by atoms with van der Waals surface area (Å²) in [5.74, 6) is 0. The molecule has 0 atom stereocenters. The minimum absolute atomic E-state index is 0.0785. The third-order valence-corrected chi connectivity index (χ3v) is 2.53. The molecule has 78 valence electrons. The van der Waals surface area contributed by atoms with Crippen molar-refractivity contribution in [3.05, 3.63) is 41.2 Å². The third kappa shape index (κ3) is 1.76. The van der Waals surface area contributed by atoms with Crippen molar-refractivity contribution in [2.24, 2.45) is 0 Å². The van der Waals surface area contributed by atoms with Crippen LogP contribution in [0.1, 0.15) is 16.8 Å². The fraction of sp³-hybridized carbons (Fsp3) is 0.273. The summed E-state index contributed by atoms with van der Waals surface area (Å²) >= 11 is 0. The molecule has 4 heteroatoms. The summed E-state index contributed by atoms with van der Waals surface area (Å²) in [6.07, 6.45) is 1.74. The lowest BCUT2D eigenvalue weighted by atomic mass is 10.1. The first-order valence-corrected chi connectivity index (χ1v) is 4.81. The quantitative estimate of drug-likeness (QED) is 0.802. The van der Waals surface area contributed by atoms with Crippen LogP contribution in [-0.2, 0) is 6.61 Å². The molecule has 0 unspecified atom stereocenters. The lowest BCUT2D eigenvalue weighted by Gasteiger charge is -2.06. The van der Waals surface area contributed by atoms with Gasteiger partial charge in [0.25, 0.3) is 0 Å². The van der Waals surface area contributed by atoms with Gasteiger partial charge in [0.05, 0.1) is 18.5 Å². The Hall–Kier alpha value is -1.68. The molecule has 1 aromatic carbocycles. The molecule has 0 fully saturated rings. The summed E-state index contributed by atoms with van der Waals surface area (Å²) in [7, 11) is 0. The Morgan fingerprint density at radius 2 is 2.13 bits per heavy atom. The average molecular weight is 203 g/mol. The molecule has 1 N–H and O–H groups in total. The van der Waals surface area contributed by atoms with Crippen LogP contribution in [0.3, 0.4) is 0 Å². The topological polar surface area (TPSA) is 50.9 Å². The van der Waals surface area contributed by atoms with Gasteiger partial charge in [-0.3, -0.25) is 0 Å². The van der Waals surface area contributed by atoms with Gasteiger partial charge >= 0.3 is 0 Å². The van der Waals surface area contributed by atoms with E-state index in [0.717, 1.165) is 5.69 Å². The van der Waals surface area contributed by atoms with E-state index >= 15 is 0 Å². The van der Waals surface area contributed by atoms with Gasteiger partial charge in [-0.25, -0.2) is 4.68 Å². The molecule has 0 saturated carbocycles. The molecule has 15 heavy (non-hydrogen) atoms. The Bertz CT molecular complexity index is 476. The number of aliphatic hydroxyl groups excluding tert-OH is 1. The standard InChI is InChI=1S/C11H13N3O/c1-8-4-3-5-11(9(8)2)14-6-10(7-15)12-13-14/h3-6,15H,7H2,1-2H3. The Balaban J connectivity index is 2.49. The van der Waals surface area contributed by atoms with Gasteiger partial charge in [-0.2, -0.15) is 0 Å². The van der Waals surface area contributed by atoms with Crippen LogP contribution in [0, 0.1) is 13.8 Å². The summed E-state index contributed by atoms with van der Waals surface area (Å²) in [6, 6.07) is 6.03. The van der Waals surface area contributed by atoms with E-state index in [-0.39, 0.29) is 6.61 Å². The van der Waals surface area contributed by atoms with Crippen LogP contribution in [0.4, 0.5) is 0 Å². The molecule has 0 spiro atoms. The number of aryl methyl sites for hydroxylation is 1. The van der Waals surface area contributed by atoms with Gasteiger partial charge in [0, 0.05) is 0 Å². The highest BCUT2D eigenvalue weighted by molar-refractivity contribution is 5.43. The van der Waals surface area contributed by atoms with Crippen molar-refractivity contribution in [3.63, 3.8) is 0 Å². The molecule has 0 radical (unpaired) electrons. The van der Waals surface area contributed by atoms with Gasteiger partial charge in [0.1, 0.15) is 5.69 Å². The minimum atomic E-state index is -0.0785. The van der Waals surface area contributed by atoms with Crippen molar-refractivity contribution in [2.75, 3.05) is 0 Å². The molecule has 0 bridgehead atoms. The predicted molar refractivity (Wildman–Crippen MR) is 56.8 cm³/mol. The predicted octanol–water partition coefficient (Wildman–Crippen LogP) is 1.38. The smallest absolute Gasteiger partial charge is 0.109 e. The molecule has 0 amide bonds. The van der Waals surface area contributed by atoms with Crippen LogP contribution >= 0.6 is 0 Å². The largest absolute Gasteiger partial charge is 0.390 e. The van der Waals surface area contributed by atoms with Crippen molar-refractivity contribution in [1.82, 2.24) is 15.0 Å². The Kier molecular flexibility index (Phi) is 2.51. The van der Waals surface area contributed by atoms with Crippen LogP contribution in [0.15, 0.2) is 24.4 Å². The van der Waals surface area contributed by atoms with E-state index in [1.807, 2.05) is 19.1 Å². The molecule has 2 rings (SSSR count). The zero-order chi connectivity index (χ0) is 10.8. The van der Waals surface area contributed by atoms with E-state index in [1.54, 1.807) is 10.9 Å². The van der Waals surface area contributed by atoms with Gasteiger partial charge < -0.3 is 5.11 Å². The highest BCUT2D eigenvalue weighted by Crippen LogP contribution is 2.16. The number of aromatic nitrogens is 3. The molecule has 2 aromatic rings. The molecule has 0 saturated heterocycles. The second-order valence-electron chi connectivity index (χ2n) is 3.53. The number of benzene rings is 1. The maximum atomic E-state index is 8.91. The number of nitrogens with zero attached hydrogens (tertiary/aromatic N) is 3. The SMILES string of the molecule is Cc1cccc(-n2cc(CO)nn2)c1C. The molecular weight excluding hydrogens is 190 g/mol. The molecule has 1 aromatic heterocycles. The van der Waals surface area contributed by atoms with Gasteiger partial charge in [-0.05, 0) is 31.0 Å². The van der Waals surface area contributed by atoms with Crippen molar-refractivity contribution in [3.8, 4) is 5.69 Å². The monoisotopic (exact) mass is 203 g/mol. The Morgan fingerprint density at radius 3 is 2.80 bits per heavy atom. The lowest BCUT2D eigenvalue weighted by molar-refractivity contribution is 0.276. The van der Waals surface area contributed by atoms with Gasteiger partial charge in [0.2, 0.25) is 0 Å². The first kappa shape index (κ1) is 9.86. The molecule has 0 aliphatic carbocycles. The van der Waals surface area contributed by atoms with Gasteiger partial charge in [-0.15, -0.1) is 5.10 Å². The fourth-order valence-electron chi connectivity index (χ4n) is 1.47. The zero-order valence-corrected chi connectivity index (χ0v) is 8.81. The number of hydrogen-bond donors (Lipinski definition) is 1. The molecular formula is C11H13N3O. The summed E-state index contributed by atoms with van der Waals surface area (Å²) < 4.78 is 1.69. The zero-order valence-electron chi connectivity index (χ0n) is 8.81. The van der Waals surface area contributed by atoms with Crippen LogP contribution in [0.2, 0.25) is 0 Å². The summed E-state index contributed by atoms with van der Waals surface area (Å²) in [6.45, 7) is 4.03. The van der Waals surface area contributed by atoms with Crippen LogP contribution in [0.5, 0.6) is 0 Å². The van der Waals surface area contributed by atoms with E-state index in [9.17, 15) is 0 Å². The number of aliphatic hydroxyl groups is 1. The fourth-order valence-corrected chi connectivity index (χ4v) is 1.47. The second-order valence-corrected chi connectivity index (χ2v) is 3.53. The van der Waals surface area contributed by atoms with Crippen molar-refractivity contribution < 1.29 is 5.11 Å². The van der Waals surface area contributed by atoms with E-state index < -0.39 is 0 Å². The van der Waals surface area contributed by atoms with Crippen LogP contribution < -0.4 is 0 Å². The van der Waals surface area contributed by atoms with Crippen LogP contribution in [-0.4, -0.2) is 20.1 Å². The summed E-state index contributed by atoms with van der Waals surface area (Å²) in [4.78, 5) is 0. The highest BCUT2D eigenvalue weighted by Gasteiger charge is 2.05. The number of hydrogen-bond acceptors (Lipinski definition) is 3. The Labute approximate surface area is 88.2 Å². The summed E-state index contributed by atoms with van der Waals surface area (Å²) in [5, 5.41) is 16.7. The molecule has 0 aliphatic rings. The maximum Gasteiger partial charge on any atom is 0.109 e. The average Bonchev–Trinajstić information content (AvgIpc) is 2.70. The van der Waals surface area contributed by atoms with Gasteiger partial charge in [-0.1, -0.05) is 17.3 Å². The van der Waals surface area contributed by atoms with Crippen molar-refractivity contribution in [2.45, 2.75) is 20.5 Å². The third-order valence-electron chi connectivity index (χ3n) is 2.53. The maximum absolute atomic E-state index is 8.91. The molecule has 4 nitrogen and oxygen atoms in total. The first-order valence-electron chi connectivity index (χ1n) is 4.81. The lowest BCUT2D eigenvalue weighted by Crippen LogP contribution is -1.99. The van der Waals surface area contributed by atoms with Crippen molar-refractivity contribution >= 4 is 0 Å². The van der Waals surface area contributed by atoms with Crippen LogP contribution in [0.25, 0.3) is 5.69 Å². The minimum Gasteiger partial charge on any atom is -0.390 e. The Morgan fingerprint density at radius 1 is 1.33 bits per heavy atom. The molecule has 0 aliphatic heterocycles. The van der Waals surface area contributed by atoms with E-state index in [0.29, 0.717) is 5.69 Å². The van der Waals surface area contributed by atoms with Gasteiger partial charge in [0.15, 0.2) is 0 Å². The van der Waals surface area contributed by atoms with E-state index in [2.05, 4.69) is 23.3 Å². The van der Waals surface area contributed by atoms with E-state index in [4.69, 9.17) is 5.11 Å².